The Hall–Kier alpha value is -2.92. The number of benzene rings is 2. The van der Waals surface area contributed by atoms with Crippen molar-refractivity contribution in [2.45, 2.75) is 40.0 Å². The minimum Gasteiger partial charge on any atom is -0.396 e. The van der Waals surface area contributed by atoms with Gasteiger partial charge in [0, 0.05) is 19.7 Å². The van der Waals surface area contributed by atoms with Gasteiger partial charge in [0.15, 0.2) is 0 Å². The molecule has 2 aliphatic rings. The number of aliphatic hydroxyl groups is 1. The number of aryl methyl sites for hydroxylation is 3. The van der Waals surface area contributed by atoms with Gasteiger partial charge in [0.1, 0.15) is 5.70 Å². The lowest BCUT2D eigenvalue weighted by Gasteiger charge is -2.34. The molecule has 0 aliphatic carbocycles. The van der Waals surface area contributed by atoms with E-state index in [0.717, 1.165) is 41.5 Å². The van der Waals surface area contributed by atoms with Crippen LogP contribution in [0.3, 0.4) is 0 Å². The van der Waals surface area contributed by atoms with E-state index in [0.29, 0.717) is 30.0 Å². The number of likely N-dealkylation sites (tertiary alicyclic amines) is 1. The van der Waals surface area contributed by atoms with Gasteiger partial charge in [0.05, 0.1) is 11.3 Å². The zero-order valence-electron chi connectivity index (χ0n) is 18.5. The first-order chi connectivity index (χ1) is 14.9. The van der Waals surface area contributed by atoms with Gasteiger partial charge in [-0.1, -0.05) is 37.3 Å². The van der Waals surface area contributed by atoms with E-state index in [1.807, 2.05) is 61.2 Å². The van der Waals surface area contributed by atoms with Crippen LogP contribution in [0.1, 0.15) is 42.0 Å². The topological polar surface area (TPSA) is 60.9 Å². The lowest BCUT2D eigenvalue weighted by molar-refractivity contribution is -0.120. The fraction of sp³-hybridized carbons (Fsp3) is 0.385. The van der Waals surface area contributed by atoms with Crippen molar-refractivity contribution in [2.24, 2.45) is 5.92 Å². The molecule has 31 heavy (non-hydrogen) atoms. The lowest BCUT2D eigenvalue weighted by Crippen LogP contribution is -2.40. The first-order valence-corrected chi connectivity index (χ1v) is 11.1. The molecule has 0 radical (unpaired) electrons. The summed E-state index contributed by atoms with van der Waals surface area (Å²) in [7, 11) is 0. The number of nitrogens with zero attached hydrogens (tertiary/aromatic N) is 2. The van der Waals surface area contributed by atoms with E-state index < -0.39 is 0 Å². The summed E-state index contributed by atoms with van der Waals surface area (Å²) in [6.45, 7) is 7.52. The maximum Gasteiger partial charge on any atom is 0.282 e. The highest BCUT2D eigenvalue weighted by Gasteiger charge is 2.43. The highest BCUT2D eigenvalue weighted by Crippen LogP contribution is 2.37. The molecule has 2 heterocycles. The zero-order valence-corrected chi connectivity index (χ0v) is 18.5. The van der Waals surface area contributed by atoms with Crippen LogP contribution in [0.5, 0.6) is 0 Å². The maximum atomic E-state index is 13.6. The van der Waals surface area contributed by atoms with Crippen molar-refractivity contribution in [3.05, 3.63) is 70.4 Å². The van der Waals surface area contributed by atoms with E-state index in [4.69, 9.17) is 0 Å². The SMILES string of the molecule is CCc1ccc(N2C(=O)C(c3ccc(C)c(C)c3)=C(N3CCCC(CO)C3)C2=O)cc1. The number of aliphatic hydroxyl groups excluding tert-OH is 1. The molecule has 0 spiro atoms. The molecule has 0 aromatic heterocycles. The van der Waals surface area contributed by atoms with Crippen LogP contribution >= 0.6 is 0 Å². The van der Waals surface area contributed by atoms with Crippen molar-refractivity contribution < 1.29 is 14.7 Å². The van der Waals surface area contributed by atoms with Crippen LogP contribution in [0.25, 0.3) is 5.57 Å². The highest BCUT2D eigenvalue weighted by atomic mass is 16.3. The zero-order chi connectivity index (χ0) is 22.1. The Morgan fingerprint density at radius 2 is 1.74 bits per heavy atom. The molecule has 0 bridgehead atoms. The third-order valence-corrected chi connectivity index (χ3v) is 6.55. The second-order valence-corrected chi connectivity index (χ2v) is 8.63. The lowest BCUT2D eigenvalue weighted by atomic mass is 9.96. The minimum absolute atomic E-state index is 0.0904. The molecule has 2 amide bonds. The van der Waals surface area contributed by atoms with E-state index in [1.165, 1.54) is 4.90 Å². The van der Waals surface area contributed by atoms with E-state index in [-0.39, 0.29) is 24.3 Å². The largest absolute Gasteiger partial charge is 0.396 e. The van der Waals surface area contributed by atoms with Gasteiger partial charge in [0.25, 0.3) is 11.8 Å². The van der Waals surface area contributed by atoms with Crippen LogP contribution in [-0.2, 0) is 16.0 Å². The van der Waals surface area contributed by atoms with Gasteiger partial charge in [-0.15, -0.1) is 0 Å². The third-order valence-electron chi connectivity index (χ3n) is 6.55. The van der Waals surface area contributed by atoms with Crippen molar-refractivity contribution in [1.82, 2.24) is 4.90 Å². The first-order valence-electron chi connectivity index (χ1n) is 11.1. The Kier molecular flexibility index (Phi) is 5.96. The molecule has 2 aromatic rings. The number of anilines is 1. The van der Waals surface area contributed by atoms with Gasteiger partial charge >= 0.3 is 0 Å². The average molecular weight is 419 g/mol. The Bertz CT molecular complexity index is 1040. The number of amides is 2. The van der Waals surface area contributed by atoms with Crippen LogP contribution in [-0.4, -0.2) is 41.5 Å². The standard InChI is InChI=1S/C26H30N2O3/c1-4-19-8-11-22(12-9-19)28-25(30)23(21-10-7-17(2)18(3)14-21)24(26(28)31)27-13-5-6-20(15-27)16-29/h7-12,14,20,29H,4-6,13,15-16H2,1-3H3. The van der Waals surface area contributed by atoms with E-state index in [1.54, 1.807) is 0 Å². The Morgan fingerprint density at radius 3 is 2.39 bits per heavy atom. The number of carbonyl (C=O) groups is 2. The molecule has 5 heteroatoms. The Labute approximate surface area is 184 Å². The average Bonchev–Trinajstić information content (AvgIpc) is 3.05. The van der Waals surface area contributed by atoms with Crippen LogP contribution in [0.4, 0.5) is 5.69 Å². The summed E-state index contributed by atoms with van der Waals surface area (Å²) in [6.07, 6.45) is 2.72. The van der Waals surface area contributed by atoms with Crippen molar-refractivity contribution in [3.8, 4) is 0 Å². The normalized spacial score (nSPS) is 19.5. The molecule has 1 unspecified atom stereocenters. The number of hydrogen-bond donors (Lipinski definition) is 1. The van der Waals surface area contributed by atoms with Crippen LogP contribution in [0, 0.1) is 19.8 Å². The van der Waals surface area contributed by atoms with Crippen molar-refractivity contribution in [2.75, 3.05) is 24.6 Å². The highest BCUT2D eigenvalue weighted by molar-refractivity contribution is 6.45. The Balaban J connectivity index is 1.81. The Morgan fingerprint density at radius 1 is 1.00 bits per heavy atom. The second-order valence-electron chi connectivity index (χ2n) is 8.63. The molecular formula is C26H30N2O3. The third kappa shape index (κ3) is 3.90. The van der Waals surface area contributed by atoms with Crippen molar-refractivity contribution >= 4 is 23.1 Å². The van der Waals surface area contributed by atoms with Crippen LogP contribution in [0.15, 0.2) is 48.2 Å². The van der Waals surface area contributed by atoms with E-state index in [9.17, 15) is 14.7 Å². The minimum atomic E-state index is -0.279. The van der Waals surface area contributed by atoms with Gasteiger partial charge < -0.3 is 10.0 Å². The molecule has 162 valence electrons. The summed E-state index contributed by atoms with van der Waals surface area (Å²) < 4.78 is 0. The molecule has 0 saturated carbocycles. The first kappa shape index (κ1) is 21.3. The summed E-state index contributed by atoms with van der Waals surface area (Å²) in [5, 5.41) is 9.69. The predicted octanol–water partition coefficient (Wildman–Crippen LogP) is 3.85. The molecule has 1 saturated heterocycles. The van der Waals surface area contributed by atoms with Gasteiger partial charge in [-0.3, -0.25) is 9.59 Å². The summed E-state index contributed by atoms with van der Waals surface area (Å²) in [5.74, 6) is -0.442. The number of hydrogen-bond acceptors (Lipinski definition) is 4. The molecule has 1 fully saturated rings. The van der Waals surface area contributed by atoms with Crippen LogP contribution < -0.4 is 4.90 Å². The molecule has 2 aromatic carbocycles. The molecule has 2 aliphatic heterocycles. The maximum absolute atomic E-state index is 13.6. The molecule has 1 atom stereocenters. The molecule has 4 rings (SSSR count). The van der Waals surface area contributed by atoms with Gasteiger partial charge in [-0.05, 0) is 73.4 Å². The monoisotopic (exact) mass is 418 g/mol. The number of piperidine rings is 1. The summed E-state index contributed by atoms with van der Waals surface area (Å²) in [5.41, 5.74) is 5.69. The van der Waals surface area contributed by atoms with Crippen LogP contribution in [0.2, 0.25) is 0 Å². The predicted molar refractivity (Wildman–Crippen MR) is 123 cm³/mol. The van der Waals surface area contributed by atoms with Gasteiger partial charge in [-0.25, -0.2) is 4.90 Å². The summed E-state index contributed by atoms with van der Waals surface area (Å²) >= 11 is 0. The molecular weight excluding hydrogens is 388 g/mol. The summed E-state index contributed by atoms with van der Waals surface area (Å²) in [6, 6.07) is 13.6. The summed E-state index contributed by atoms with van der Waals surface area (Å²) in [4.78, 5) is 30.6. The number of carbonyl (C=O) groups excluding carboxylic acids is 2. The molecule has 5 nitrogen and oxygen atoms in total. The van der Waals surface area contributed by atoms with E-state index >= 15 is 0 Å². The second kappa shape index (κ2) is 8.67. The number of rotatable bonds is 5. The fourth-order valence-electron chi connectivity index (χ4n) is 4.50. The smallest absolute Gasteiger partial charge is 0.282 e. The van der Waals surface area contributed by atoms with Crippen molar-refractivity contribution in [1.29, 1.82) is 0 Å². The van der Waals surface area contributed by atoms with Gasteiger partial charge in [0.2, 0.25) is 0 Å². The van der Waals surface area contributed by atoms with E-state index in [2.05, 4.69) is 6.92 Å². The molecule has 1 N–H and O–H groups in total. The van der Waals surface area contributed by atoms with Gasteiger partial charge in [-0.2, -0.15) is 0 Å². The fourth-order valence-corrected chi connectivity index (χ4v) is 4.50. The number of imide groups is 1. The quantitative estimate of drug-likeness (QED) is 0.749. The van der Waals surface area contributed by atoms with Crippen molar-refractivity contribution in [3.63, 3.8) is 0 Å².